The number of nitrogens with one attached hydrogen (secondary N) is 2. The molecule has 5 nitrogen and oxygen atoms in total. The zero-order chi connectivity index (χ0) is 18.2. The van der Waals surface area contributed by atoms with E-state index >= 15 is 0 Å². The minimum absolute atomic E-state index is 0. The number of guanidine groups is 1. The summed E-state index contributed by atoms with van der Waals surface area (Å²) in [4.78, 5) is 10.1. The van der Waals surface area contributed by atoms with Crippen molar-refractivity contribution < 1.29 is 4.74 Å². The maximum atomic E-state index is 5.66. The van der Waals surface area contributed by atoms with Crippen LogP contribution in [0.1, 0.15) is 35.0 Å². The van der Waals surface area contributed by atoms with Gasteiger partial charge in [-0.05, 0) is 51.8 Å². The molecule has 2 rings (SSSR count). The lowest BCUT2D eigenvalue weighted by molar-refractivity contribution is 0.242. The van der Waals surface area contributed by atoms with Crippen LogP contribution in [0.3, 0.4) is 0 Å². The van der Waals surface area contributed by atoms with Crippen LogP contribution in [0.4, 0.5) is 0 Å². The number of aryl methyl sites for hydroxylation is 2. The molecule has 0 fully saturated rings. The first-order chi connectivity index (χ1) is 12.0. The van der Waals surface area contributed by atoms with Crippen LogP contribution in [0.25, 0.3) is 0 Å². The van der Waals surface area contributed by atoms with Gasteiger partial charge in [0, 0.05) is 18.5 Å². The lowest BCUT2D eigenvalue weighted by atomic mass is 10.1. The Bertz CT molecular complexity index is 679. The fourth-order valence-electron chi connectivity index (χ4n) is 2.33. The van der Waals surface area contributed by atoms with Gasteiger partial charge < -0.3 is 15.4 Å². The third-order valence-electron chi connectivity index (χ3n) is 3.70. The SMILES string of the molecule is CN=C(NCCc1ccc(OC(C)C)cc1)NCc1nc(C)c(C)s1.I. The maximum absolute atomic E-state index is 5.66. The fourth-order valence-corrected chi connectivity index (χ4v) is 3.20. The molecule has 0 unspecified atom stereocenters. The maximum Gasteiger partial charge on any atom is 0.191 e. The van der Waals surface area contributed by atoms with E-state index in [1.807, 2.05) is 32.9 Å². The summed E-state index contributed by atoms with van der Waals surface area (Å²) in [6.45, 7) is 9.72. The zero-order valence-corrected chi connectivity index (χ0v) is 19.3. The van der Waals surface area contributed by atoms with Gasteiger partial charge in [0.1, 0.15) is 10.8 Å². The second-order valence-corrected chi connectivity index (χ2v) is 7.45. The molecule has 144 valence electrons. The van der Waals surface area contributed by atoms with Crippen LogP contribution in [-0.4, -0.2) is 30.6 Å². The Hall–Kier alpha value is -1.35. The van der Waals surface area contributed by atoms with E-state index in [0.29, 0.717) is 6.54 Å². The molecule has 1 heterocycles. The van der Waals surface area contributed by atoms with Gasteiger partial charge in [0.05, 0.1) is 18.3 Å². The first kappa shape index (κ1) is 22.7. The molecule has 0 bridgehead atoms. The molecule has 0 aliphatic heterocycles. The normalized spacial score (nSPS) is 11.2. The predicted molar refractivity (Wildman–Crippen MR) is 121 cm³/mol. The minimum Gasteiger partial charge on any atom is -0.491 e. The molecule has 7 heteroatoms. The second-order valence-electron chi connectivity index (χ2n) is 6.16. The lowest BCUT2D eigenvalue weighted by Crippen LogP contribution is -2.37. The van der Waals surface area contributed by atoms with Gasteiger partial charge in [-0.1, -0.05) is 12.1 Å². The third-order valence-corrected chi connectivity index (χ3v) is 4.78. The molecule has 0 saturated carbocycles. The lowest BCUT2D eigenvalue weighted by Gasteiger charge is -2.12. The highest BCUT2D eigenvalue weighted by atomic mass is 127. The van der Waals surface area contributed by atoms with E-state index in [-0.39, 0.29) is 30.1 Å². The topological polar surface area (TPSA) is 58.5 Å². The summed E-state index contributed by atoms with van der Waals surface area (Å²) in [5, 5.41) is 7.73. The highest BCUT2D eigenvalue weighted by Gasteiger charge is 2.05. The molecule has 1 aromatic heterocycles. The van der Waals surface area contributed by atoms with Gasteiger partial charge in [0.2, 0.25) is 0 Å². The molecule has 26 heavy (non-hydrogen) atoms. The predicted octanol–water partition coefficient (Wildman–Crippen LogP) is 4.07. The third kappa shape index (κ3) is 7.49. The van der Waals surface area contributed by atoms with E-state index in [9.17, 15) is 0 Å². The molecule has 0 spiro atoms. The minimum atomic E-state index is 0. The van der Waals surface area contributed by atoms with Crippen molar-refractivity contribution in [1.82, 2.24) is 15.6 Å². The van der Waals surface area contributed by atoms with Crippen molar-refractivity contribution in [1.29, 1.82) is 0 Å². The molecule has 1 aromatic carbocycles. The molecule has 2 N–H and O–H groups in total. The first-order valence-corrected chi connectivity index (χ1v) is 9.42. The average Bonchev–Trinajstić information content (AvgIpc) is 2.90. The highest BCUT2D eigenvalue weighted by molar-refractivity contribution is 14.0. The molecular formula is C19H29IN4OS. The number of ether oxygens (including phenoxy) is 1. The van der Waals surface area contributed by atoms with E-state index in [0.717, 1.165) is 35.4 Å². The Labute approximate surface area is 177 Å². The number of nitrogens with zero attached hydrogens (tertiary/aromatic N) is 2. The molecule has 2 aromatic rings. The Morgan fingerprint density at radius 1 is 1.19 bits per heavy atom. The number of thiazole rings is 1. The van der Waals surface area contributed by atoms with E-state index in [4.69, 9.17) is 4.74 Å². The second kappa shape index (κ2) is 11.4. The van der Waals surface area contributed by atoms with Crippen molar-refractivity contribution in [2.75, 3.05) is 13.6 Å². The van der Waals surface area contributed by atoms with Gasteiger partial charge in [-0.25, -0.2) is 4.98 Å². The summed E-state index contributed by atoms with van der Waals surface area (Å²) in [5.74, 6) is 1.71. The molecule has 0 atom stereocenters. The number of hydrogen-bond donors (Lipinski definition) is 2. The standard InChI is InChI=1S/C19H28N4OS.HI/c1-13(2)24-17-8-6-16(7-9-17)10-11-21-19(20-5)22-12-18-23-14(3)15(4)25-18;/h6-9,13H,10-12H2,1-5H3,(H2,20,21,22);1H. The quantitative estimate of drug-likeness (QED) is 0.351. The van der Waals surface area contributed by atoms with Crippen LogP contribution >= 0.6 is 35.3 Å². The molecule has 0 radical (unpaired) electrons. The van der Waals surface area contributed by atoms with E-state index < -0.39 is 0 Å². The number of halogens is 1. The van der Waals surface area contributed by atoms with E-state index in [1.54, 1.807) is 18.4 Å². The summed E-state index contributed by atoms with van der Waals surface area (Å²) in [5.41, 5.74) is 2.37. The van der Waals surface area contributed by atoms with Gasteiger partial charge >= 0.3 is 0 Å². The Balaban J connectivity index is 0.00000338. The Kier molecular flexibility index (Phi) is 9.93. The van der Waals surface area contributed by atoms with Crippen molar-refractivity contribution in [3.63, 3.8) is 0 Å². The van der Waals surface area contributed by atoms with Gasteiger partial charge in [-0.3, -0.25) is 4.99 Å². The average molecular weight is 488 g/mol. The molecular weight excluding hydrogens is 459 g/mol. The number of aromatic nitrogens is 1. The molecule has 0 aliphatic carbocycles. The van der Waals surface area contributed by atoms with Gasteiger partial charge in [0.15, 0.2) is 5.96 Å². The van der Waals surface area contributed by atoms with Crippen molar-refractivity contribution in [3.05, 3.63) is 45.4 Å². The highest BCUT2D eigenvalue weighted by Crippen LogP contribution is 2.16. The van der Waals surface area contributed by atoms with Crippen molar-refractivity contribution >= 4 is 41.3 Å². The fraction of sp³-hybridized carbons (Fsp3) is 0.474. The number of benzene rings is 1. The van der Waals surface area contributed by atoms with Crippen LogP contribution in [0.15, 0.2) is 29.3 Å². The number of aliphatic imine (C=N–C) groups is 1. The van der Waals surface area contributed by atoms with Crippen molar-refractivity contribution in [2.24, 2.45) is 4.99 Å². The Morgan fingerprint density at radius 3 is 2.42 bits per heavy atom. The summed E-state index contributed by atoms with van der Waals surface area (Å²) in [7, 11) is 1.78. The monoisotopic (exact) mass is 488 g/mol. The summed E-state index contributed by atoms with van der Waals surface area (Å²) in [6, 6.07) is 8.26. The van der Waals surface area contributed by atoms with Crippen LogP contribution < -0.4 is 15.4 Å². The molecule has 0 amide bonds. The largest absolute Gasteiger partial charge is 0.491 e. The zero-order valence-electron chi connectivity index (χ0n) is 16.1. The van der Waals surface area contributed by atoms with Gasteiger partial charge in [-0.15, -0.1) is 35.3 Å². The first-order valence-electron chi connectivity index (χ1n) is 8.61. The summed E-state index contributed by atoms with van der Waals surface area (Å²) < 4.78 is 5.66. The van der Waals surface area contributed by atoms with Crippen LogP contribution in [0.5, 0.6) is 5.75 Å². The summed E-state index contributed by atoms with van der Waals surface area (Å²) >= 11 is 1.72. The smallest absolute Gasteiger partial charge is 0.191 e. The number of hydrogen-bond acceptors (Lipinski definition) is 4. The van der Waals surface area contributed by atoms with Gasteiger partial charge in [-0.2, -0.15) is 0 Å². The Morgan fingerprint density at radius 2 is 1.88 bits per heavy atom. The van der Waals surface area contributed by atoms with Gasteiger partial charge in [0.25, 0.3) is 0 Å². The van der Waals surface area contributed by atoms with Crippen molar-refractivity contribution in [3.8, 4) is 5.75 Å². The van der Waals surface area contributed by atoms with Crippen molar-refractivity contribution in [2.45, 2.75) is 46.8 Å². The van der Waals surface area contributed by atoms with Crippen LogP contribution in [0.2, 0.25) is 0 Å². The molecule has 0 saturated heterocycles. The van der Waals surface area contributed by atoms with Crippen LogP contribution in [-0.2, 0) is 13.0 Å². The number of rotatable bonds is 7. The summed E-state index contributed by atoms with van der Waals surface area (Å²) in [6.07, 6.45) is 1.13. The van der Waals surface area contributed by atoms with Crippen LogP contribution in [0, 0.1) is 13.8 Å². The molecule has 0 aliphatic rings. The van der Waals surface area contributed by atoms with E-state index in [2.05, 4.69) is 39.7 Å². The van der Waals surface area contributed by atoms with E-state index in [1.165, 1.54) is 10.4 Å².